The van der Waals surface area contributed by atoms with E-state index >= 15 is 0 Å². The zero-order chi connectivity index (χ0) is 19.2. The van der Waals surface area contributed by atoms with E-state index in [0.717, 1.165) is 15.6 Å². The lowest BCUT2D eigenvalue weighted by atomic mass is 10.2. The predicted octanol–water partition coefficient (Wildman–Crippen LogP) is 5.69. The zero-order valence-electron chi connectivity index (χ0n) is 13.8. The maximum atomic E-state index is 11.7. The largest absolute Gasteiger partial charge is 0.488 e. The van der Waals surface area contributed by atoms with Crippen LogP contribution >= 0.6 is 39.1 Å². The maximum Gasteiger partial charge on any atom is 0.307 e. The molecule has 0 fully saturated rings. The van der Waals surface area contributed by atoms with Crippen LogP contribution < -0.4 is 10.2 Å². The third-order valence-corrected chi connectivity index (χ3v) is 4.69. The highest BCUT2D eigenvalue weighted by atomic mass is 79.9. The normalized spacial score (nSPS) is 10.9. The van der Waals surface area contributed by atoms with Crippen LogP contribution in [0.1, 0.15) is 21.7 Å². The second-order valence-corrected chi connectivity index (χ2v) is 7.09. The molecule has 0 atom stereocenters. The van der Waals surface area contributed by atoms with Gasteiger partial charge in [0, 0.05) is 15.6 Å². The quantitative estimate of drug-likeness (QED) is 0.374. The smallest absolute Gasteiger partial charge is 0.307 e. The number of amides is 1. The van der Waals surface area contributed by atoms with E-state index in [-0.39, 0.29) is 5.76 Å². The summed E-state index contributed by atoms with van der Waals surface area (Å²) in [7, 11) is 0. The fourth-order valence-corrected chi connectivity index (χ4v) is 3.11. The van der Waals surface area contributed by atoms with E-state index in [9.17, 15) is 4.79 Å². The SMILES string of the molecule is O=C(N/N=C\c1ccc(OCc2ccc(Cl)cc2Cl)c(Br)c1)c1ccco1. The number of carbonyl (C=O) groups is 1. The third kappa shape index (κ3) is 5.35. The Labute approximate surface area is 174 Å². The van der Waals surface area contributed by atoms with Crippen LogP contribution in [0.15, 0.2) is 68.8 Å². The first-order valence-corrected chi connectivity index (χ1v) is 9.31. The Kier molecular flexibility index (Phi) is 6.55. The molecule has 1 amide bonds. The Hall–Kier alpha value is -2.28. The molecule has 0 radical (unpaired) electrons. The average Bonchev–Trinajstić information content (AvgIpc) is 3.17. The van der Waals surface area contributed by atoms with Gasteiger partial charge in [-0.1, -0.05) is 29.3 Å². The highest BCUT2D eigenvalue weighted by molar-refractivity contribution is 9.10. The number of rotatable bonds is 6. The number of nitrogens with zero attached hydrogens (tertiary/aromatic N) is 1. The van der Waals surface area contributed by atoms with Gasteiger partial charge in [0.2, 0.25) is 0 Å². The molecule has 3 aromatic rings. The topological polar surface area (TPSA) is 63.8 Å². The first kappa shape index (κ1) is 19.5. The second kappa shape index (κ2) is 9.08. The summed E-state index contributed by atoms with van der Waals surface area (Å²) in [5.41, 5.74) is 4.00. The molecule has 1 aromatic heterocycles. The molecule has 0 aliphatic heterocycles. The molecule has 138 valence electrons. The minimum atomic E-state index is -0.421. The van der Waals surface area contributed by atoms with Gasteiger partial charge in [0.25, 0.3) is 0 Å². The molecule has 0 spiro atoms. The Morgan fingerprint density at radius 3 is 2.78 bits per heavy atom. The minimum Gasteiger partial charge on any atom is -0.488 e. The number of benzene rings is 2. The van der Waals surface area contributed by atoms with Crippen molar-refractivity contribution < 1.29 is 13.9 Å². The van der Waals surface area contributed by atoms with Crippen LogP contribution in [0.5, 0.6) is 5.75 Å². The Bertz CT molecular complexity index is 975. The zero-order valence-corrected chi connectivity index (χ0v) is 16.9. The van der Waals surface area contributed by atoms with Crippen molar-refractivity contribution in [3.05, 3.63) is 86.2 Å². The van der Waals surface area contributed by atoms with Gasteiger partial charge in [0.05, 0.1) is 17.0 Å². The van der Waals surface area contributed by atoms with Crippen LogP contribution in [-0.4, -0.2) is 12.1 Å². The van der Waals surface area contributed by atoms with Gasteiger partial charge in [0.15, 0.2) is 5.76 Å². The van der Waals surface area contributed by atoms with Crippen LogP contribution in [0.4, 0.5) is 0 Å². The number of hydrogen-bond acceptors (Lipinski definition) is 4. The average molecular weight is 468 g/mol. The Balaban J connectivity index is 1.60. The number of nitrogens with one attached hydrogen (secondary N) is 1. The number of hydrazone groups is 1. The standard InChI is InChI=1S/C19H13BrCl2N2O3/c20-15-8-12(10-23-24-19(25)18-2-1-7-26-18)3-6-17(15)27-11-13-4-5-14(21)9-16(13)22/h1-10H,11H2,(H,24,25)/b23-10-. The lowest BCUT2D eigenvalue weighted by Crippen LogP contribution is -2.16. The summed E-state index contributed by atoms with van der Waals surface area (Å²) in [6.45, 7) is 0.307. The first-order valence-electron chi connectivity index (χ1n) is 7.76. The molecule has 5 nitrogen and oxygen atoms in total. The summed E-state index contributed by atoms with van der Waals surface area (Å²) in [4.78, 5) is 11.7. The summed E-state index contributed by atoms with van der Waals surface area (Å²) in [6.07, 6.45) is 2.94. The fourth-order valence-electron chi connectivity index (χ4n) is 2.14. The molecule has 0 unspecified atom stereocenters. The molecular formula is C19H13BrCl2N2O3. The van der Waals surface area contributed by atoms with Gasteiger partial charge in [-0.15, -0.1) is 0 Å². The van der Waals surface area contributed by atoms with E-state index in [2.05, 4.69) is 26.5 Å². The molecule has 0 aliphatic carbocycles. The molecule has 1 N–H and O–H groups in total. The number of carbonyl (C=O) groups excluding carboxylic acids is 1. The van der Waals surface area contributed by atoms with Crippen molar-refractivity contribution in [2.75, 3.05) is 0 Å². The van der Waals surface area contributed by atoms with Crippen molar-refractivity contribution in [3.8, 4) is 5.75 Å². The molecule has 3 rings (SSSR count). The van der Waals surface area contributed by atoms with Gasteiger partial charge >= 0.3 is 5.91 Å². The molecule has 1 heterocycles. The van der Waals surface area contributed by atoms with Gasteiger partial charge in [-0.25, -0.2) is 5.43 Å². The Morgan fingerprint density at radius 1 is 1.22 bits per heavy atom. The number of hydrogen-bond donors (Lipinski definition) is 1. The van der Waals surface area contributed by atoms with Crippen LogP contribution in [0.25, 0.3) is 0 Å². The van der Waals surface area contributed by atoms with Crippen molar-refractivity contribution in [3.63, 3.8) is 0 Å². The summed E-state index contributed by atoms with van der Waals surface area (Å²) in [5, 5.41) is 5.03. The van der Waals surface area contributed by atoms with Crippen LogP contribution in [0, 0.1) is 0 Å². The van der Waals surface area contributed by atoms with E-state index in [1.54, 1.807) is 30.3 Å². The summed E-state index contributed by atoms with van der Waals surface area (Å²) < 4.78 is 11.5. The van der Waals surface area contributed by atoms with Crippen LogP contribution in [-0.2, 0) is 6.61 Å². The predicted molar refractivity (Wildman–Crippen MR) is 109 cm³/mol. The van der Waals surface area contributed by atoms with Gasteiger partial charge < -0.3 is 9.15 Å². The van der Waals surface area contributed by atoms with Gasteiger partial charge in [-0.3, -0.25) is 4.79 Å². The van der Waals surface area contributed by atoms with Gasteiger partial charge in [-0.2, -0.15) is 5.10 Å². The number of ether oxygens (including phenoxy) is 1. The van der Waals surface area contributed by atoms with E-state index < -0.39 is 5.91 Å². The highest BCUT2D eigenvalue weighted by Crippen LogP contribution is 2.28. The first-order chi connectivity index (χ1) is 13.0. The molecule has 0 aliphatic rings. The van der Waals surface area contributed by atoms with E-state index in [1.165, 1.54) is 12.5 Å². The monoisotopic (exact) mass is 466 g/mol. The van der Waals surface area contributed by atoms with Crippen LogP contribution in [0.2, 0.25) is 10.0 Å². The molecule has 0 saturated carbocycles. The molecule has 8 heteroatoms. The van der Waals surface area contributed by atoms with Crippen molar-refractivity contribution in [1.82, 2.24) is 5.43 Å². The molecule has 0 bridgehead atoms. The minimum absolute atomic E-state index is 0.193. The van der Waals surface area contributed by atoms with Crippen molar-refractivity contribution in [1.29, 1.82) is 0 Å². The number of furan rings is 1. The maximum absolute atomic E-state index is 11.7. The fraction of sp³-hybridized carbons (Fsp3) is 0.0526. The summed E-state index contributed by atoms with van der Waals surface area (Å²) >= 11 is 15.5. The molecule has 0 saturated heterocycles. The van der Waals surface area contributed by atoms with E-state index in [1.807, 2.05) is 18.2 Å². The lowest BCUT2D eigenvalue weighted by Gasteiger charge is -2.10. The summed E-state index contributed by atoms with van der Waals surface area (Å²) in [5.74, 6) is 0.422. The lowest BCUT2D eigenvalue weighted by molar-refractivity contribution is 0.0927. The number of halogens is 3. The summed E-state index contributed by atoms with van der Waals surface area (Å²) in [6, 6.07) is 13.9. The highest BCUT2D eigenvalue weighted by Gasteiger charge is 2.07. The Morgan fingerprint density at radius 2 is 2.07 bits per heavy atom. The molecule has 27 heavy (non-hydrogen) atoms. The molecular weight excluding hydrogens is 455 g/mol. The van der Waals surface area contributed by atoms with Crippen molar-refractivity contribution in [2.24, 2.45) is 5.10 Å². The third-order valence-electron chi connectivity index (χ3n) is 3.48. The van der Waals surface area contributed by atoms with Crippen molar-refractivity contribution in [2.45, 2.75) is 6.61 Å². The second-order valence-electron chi connectivity index (χ2n) is 5.39. The van der Waals surface area contributed by atoms with Gasteiger partial charge in [-0.05, 0) is 64.0 Å². The van der Waals surface area contributed by atoms with Crippen molar-refractivity contribution >= 4 is 51.3 Å². The van der Waals surface area contributed by atoms with Gasteiger partial charge in [0.1, 0.15) is 12.4 Å². The van der Waals surface area contributed by atoms with Crippen LogP contribution in [0.3, 0.4) is 0 Å². The van der Waals surface area contributed by atoms with E-state index in [4.69, 9.17) is 32.4 Å². The van der Waals surface area contributed by atoms with E-state index in [0.29, 0.717) is 22.4 Å². The molecule has 2 aromatic carbocycles.